The fourth-order valence-electron chi connectivity index (χ4n) is 5.30. The first-order valence-corrected chi connectivity index (χ1v) is 19.0. The van der Waals surface area contributed by atoms with Gasteiger partial charge in [0, 0.05) is 32.6 Å². The molecule has 1 saturated heterocycles. The monoisotopic (exact) mass is 603 g/mol. The van der Waals surface area contributed by atoms with Gasteiger partial charge in [-0.2, -0.15) is 0 Å². The summed E-state index contributed by atoms with van der Waals surface area (Å²) in [6.07, 6.45) is 2.20. The molecule has 224 valence electrons. The summed E-state index contributed by atoms with van der Waals surface area (Å²) < 4.78 is 48.4. The Labute approximate surface area is 243 Å². The van der Waals surface area contributed by atoms with Crippen molar-refractivity contribution in [1.29, 1.82) is 0 Å². The quantitative estimate of drug-likeness (QED) is 0.274. The lowest BCUT2D eigenvalue weighted by atomic mass is 9.98. The number of carbonyl (C=O) groups excluding carboxylic acids is 1. The molecule has 0 unspecified atom stereocenters. The summed E-state index contributed by atoms with van der Waals surface area (Å²) in [4.78, 5) is 14.6. The van der Waals surface area contributed by atoms with E-state index in [1.54, 1.807) is 39.8 Å². The molecule has 41 heavy (non-hydrogen) atoms. The first kappa shape index (κ1) is 30.6. The summed E-state index contributed by atoms with van der Waals surface area (Å²) in [7, 11) is -2.61. The molecule has 1 fully saturated rings. The van der Waals surface area contributed by atoms with Crippen molar-refractivity contribution in [3.8, 4) is 28.8 Å². The predicted octanol–water partition coefficient (Wildman–Crippen LogP) is 4.67. The number of benzene rings is 1. The van der Waals surface area contributed by atoms with Gasteiger partial charge in [-0.1, -0.05) is 32.6 Å². The van der Waals surface area contributed by atoms with E-state index in [0.29, 0.717) is 41.2 Å². The van der Waals surface area contributed by atoms with Gasteiger partial charge in [0.25, 0.3) is 0 Å². The number of nitrogens with zero attached hydrogens (tertiary/aromatic N) is 5. The van der Waals surface area contributed by atoms with Crippen LogP contribution in [0, 0.1) is 5.92 Å². The lowest BCUT2D eigenvalue weighted by Crippen LogP contribution is -2.46. The minimum absolute atomic E-state index is 0.0270. The molecule has 13 heteroatoms. The molecular weight excluding hydrogens is 562 g/mol. The molecule has 0 saturated carbocycles. The standard InChI is InChI=1S/C28H41N5O6SSi/c1-20-19-28(2,3)31(26(20)34)14-17-40(35,36)32(15-18-41(6,7)8)27-30-29-25(23-13-10-16-39-23)33(27)24-21(37-4)11-9-12-22(24)38-5/h9-13,16,20H,14-15,17-19H2,1-8H3/t20-/m0/s1. The van der Waals surface area contributed by atoms with Crippen molar-refractivity contribution in [1.82, 2.24) is 19.7 Å². The van der Waals surface area contributed by atoms with Gasteiger partial charge in [0.15, 0.2) is 5.76 Å². The summed E-state index contributed by atoms with van der Waals surface area (Å²) >= 11 is 0. The Balaban J connectivity index is 1.86. The maximum absolute atomic E-state index is 14.2. The van der Waals surface area contributed by atoms with Crippen molar-refractivity contribution >= 4 is 30.0 Å². The Morgan fingerprint density at radius 3 is 2.27 bits per heavy atom. The number of rotatable bonds is 12. The number of hydrogen-bond donors (Lipinski definition) is 0. The number of likely N-dealkylation sites (tertiary alicyclic amines) is 1. The molecule has 0 aliphatic carbocycles. The second-order valence-electron chi connectivity index (χ2n) is 12.3. The largest absolute Gasteiger partial charge is 0.494 e. The summed E-state index contributed by atoms with van der Waals surface area (Å²) in [5.74, 6) is 1.25. The lowest BCUT2D eigenvalue weighted by Gasteiger charge is -2.33. The van der Waals surface area contributed by atoms with E-state index in [0.717, 1.165) is 0 Å². The average molecular weight is 604 g/mol. The number of aromatic nitrogens is 3. The highest BCUT2D eigenvalue weighted by Gasteiger charge is 2.43. The Kier molecular flexibility index (Phi) is 8.60. The first-order chi connectivity index (χ1) is 19.2. The molecule has 0 spiro atoms. The molecule has 11 nitrogen and oxygen atoms in total. The van der Waals surface area contributed by atoms with Gasteiger partial charge in [-0.3, -0.25) is 9.36 Å². The molecule has 1 aromatic carbocycles. The lowest BCUT2D eigenvalue weighted by molar-refractivity contribution is -0.132. The fourth-order valence-corrected chi connectivity index (χ4v) is 7.73. The van der Waals surface area contributed by atoms with E-state index in [2.05, 4.69) is 29.8 Å². The van der Waals surface area contributed by atoms with Gasteiger partial charge in [-0.25, -0.2) is 12.7 Å². The van der Waals surface area contributed by atoms with Gasteiger partial charge in [-0.05, 0) is 50.6 Å². The topological polar surface area (TPSA) is 120 Å². The highest BCUT2D eigenvalue weighted by molar-refractivity contribution is 7.92. The van der Waals surface area contributed by atoms with Crippen LogP contribution in [0.1, 0.15) is 27.2 Å². The Bertz CT molecular complexity index is 1460. The average Bonchev–Trinajstić information content (AvgIpc) is 3.60. The zero-order valence-corrected chi connectivity index (χ0v) is 27.0. The van der Waals surface area contributed by atoms with Gasteiger partial charge < -0.3 is 18.8 Å². The van der Waals surface area contributed by atoms with Gasteiger partial charge >= 0.3 is 0 Å². The third-order valence-corrected chi connectivity index (χ3v) is 10.9. The van der Waals surface area contributed by atoms with E-state index in [1.807, 2.05) is 20.8 Å². The van der Waals surface area contributed by atoms with Crippen molar-refractivity contribution in [3.05, 3.63) is 36.6 Å². The molecule has 0 N–H and O–H groups in total. The molecule has 3 heterocycles. The van der Waals surface area contributed by atoms with Crippen LogP contribution in [-0.4, -0.2) is 80.7 Å². The van der Waals surface area contributed by atoms with Crippen molar-refractivity contribution in [3.63, 3.8) is 0 Å². The Morgan fingerprint density at radius 1 is 1.10 bits per heavy atom. The smallest absolute Gasteiger partial charge is 0.246 e. The maximum Gasteiger partial charge on any atom is 0.246 e. The van der Waals surface area contributed by atoms with Crippen molar-refractivity contribution in [2.75, 3.05) is 37.4 Å². The van der Waals surface area contributed by atoms with Crippen molar-refractivity contribution < 1.29 is 27.1 Å². The van der Waals surface area contributed by atoms with Gasteiger partial charge in [0.2, 0.25) is 27.7 Å². The van der Waals surface area contributed by atoms with E-state index in [1.165, 1.54) is 24.8 Å². The van der Waals surface area contributed by atoms with Crippen LogP contribution in [0.3, 0.4) is 0 Å². The second-order valence-corrected chi connectivity index (χ2v) is 19.9. The summed E-state index contributed by atoms with van der Waals surface area (Å²) in [6, 6.07) is 9.45. The third-order valence-electron chi connectivity index (χ3n) is 7.43. The summed E-state index contributed by atoms with van der Waals surface area (Å²) in [5.41, 5.74) is 0.0219. The minimum Gasteiger partial charge on any atom is -0.494 e. The highest BCUT2D eigenvalue weighted by atomic mass is 32.2. The first-order valence-electron chi connectivity index (χ1n) is 13.7. The van der Waals surface area contributed by atoms with Crippen LogP contribution >= 0.6 is 0 Å². The molecule has 1 atom stereocenters. The SMILES string of the molecule is COc1cccc(OC)c1-n1c(-c2ccco2)nnc1N(CC[Si](C)(C)C)S(=O)(=O)CCN1C(=O)[C@@H](C)CC1(C)C. The predicted molar refractivity (Wildman–Crippen MR) is 161 cm³/mol. The van der Waals surface area contributed by atoms with Gasteiger partial charge in [0.05, 0.1) is 26.2 Å². The molecule has 3 aromatic rings. The van der Waals surface area contributed by atoms with Crippen LogP contribution in [0.15, 0.2) is 41.0 Å². The molecule has 2 aromatic heterocycles. The van der Waals surface area contributed by atoms with Crippen LogP contribution in [0.2, 0.25) is 25.7 Å². The number of hydrogen-bond acceptors (Lipinski definition) is 8. The van der Waals surface area contributed by atoms with Crippen LogP contribution in [-0.2, 0) is 14.8 Å². The molecule has 1 aliphatic heterocycles. The molecule has 0 radical (unpaired) electrons. The van der Waals surface area contributed by atoms with Crippen LogP contribution < -0.4 is 13.8 Å². The van der Waals surface area contributed by atoms with Crippen LogP contribution in [0.4, 0.5) is 5.95 Å². The Morgan fingerprint density at radius 2 is 1.76 bits per heavy atom. The number of ether oxygens (including phenoxy) is 2. The molecular formula is C28H41N5O6SSi. The number of para-hydroxylation sites is 1. The highest BCUT2D eigenvalue weighted by Crippen LogP contribution is 2.39. The minimum atomic E-state index is -3.98. The molecule has 0 bridgehead atoms. The van der Waals surface area contributed by atoms with E-state index >= 15 is 0 Å². The number of furan rings is 1. The summed E-state index contributed by atoms with van der Waals surface area (Å²) in [5, 5.41) is 8.82. The summed E-state index contributed by atoms with van der Waals surface area (Å²) in [6.45, 7) is 12.7. The van der Waals surface area contributed by atoms with E-state index < -0.39 is 23.6 Å². The second kappa shape index (κ2) is 11.5. The van der Waals surface area contributed by atoms with Crippen molar-refractivity contribution in [2.45, 2.75) is 58.4 Å². The number of anilines is 1. The fraction of sp³-hybridized carbons (Fsp3) is 0.536. The zero-order chi connectivity index (χ0) is 30.2. The Hall–Kier alpha value is -3.32. The molecule has 1 amide bonds. The number of amides is 1. The van der Waals surface area contributed by atoms with E-state index in [4.69, 9.17) is 13.9 Å². The van der Waals surface area contributed by atoms with Gasteiger partial charge in [0.1, 0.15) is 17.2 Å². The molecule has 1 aliphatic rings. The number of sulfonamides is 1. The van der Waals surface area contributed by atoms with Crippen molar-refractivity contribution in [2.24, 2.45) is 5.92 Å². The van der Waals surface area contributed by atoms with Crippen LogP contribution in [0.25, 0.3) is 17.3 Å². The van der Waals surface area contributed by atoms with E-state index in [9.17, 15) is 13.2 Å². The van der Waals surface area contributed by atoms with Gasteiger partial charge in [-0.15, -0.1) is 10.2 Å². The third kappa shape index (κ3) is 6.30. The number of methoxy groups -OCH3 is 2. The van der Waals surface area contributed by atoms with Crippen LogP contribution in [0.5, 0.6) is 11.5 Å². The maximum atomic E-state index is 14.2. The molecule has 4 rings (SSSR count). The van der Waals surface area contributed by atoms with E-state index in [-0.39, 0.29) is 36.6 Å². The normalized spacial score (nSPS) is 17.2. The zero-order valence-electron chi connectivity index (χ0n) is 25.2. The number of carbonyl (C=O) groups is 1.